The maximum Gasteiger partial charge on any atom is 0.335 e. The Bertz CT molecular complexity index is 564. The number of halogens is 1. The number of carbonyl (C=O) groups is 1. The molecule has 0 aliphatic heterocycles. The Morgan fingerprint density at radius 2 is 2.17 bits per heavy atom. The van der Waals surface area contributed by atoms with E-state index < -0.39 is 27.6 Å². The van der Waals surface area contributed by atoms with Crippen molar-refractivity contribution < 1.29 is 14.8 Å². The summed E-state index contributed by atoms with van der Waals surface area (Å²) in [4.78, 5) is 32.6. The summed E-state index contributed by atoms with van der Waals surface area (Å²) < 4.78 is 1.37. The Labute approximate surface area is 110 Å². The van der Waals surface area contributed by atoms with Crippen LogP contribution in [0.2, 0.25) is 0 Å². The Kier molecular flexibility index (Phi) is 3.90. The maximum atomic E-state index is 11.8. The summed E-state index contributed by atoms with van der Waals surface area (Å²) in [6, 6.07) is 1.09. The molecule has 0 atom stereocenters. The molecule has 1 aromatic heterocycles. The third kappa shape index (κ3) is 2.95. The van der Waals surface area contributed by atoms with Gasteiger partial charge in [0.25, 0.3) is 0 Å². The van der Waals surface area contributed by atoms with Crippen molar-refractivity contribution in [1.82, 2.24) is 4.57 Å². The molecule has 8 heteroatoms. The molecule has 0 bridgehead atoms. The van der Waals surface area contributed by atoms with Crippen LogP contribution in [0.1, 0.15) is 13.8 Å². The lowest BCUT2D eigenvalue weighted by Crippen LogP contribution is -2.34. The van der Waals surface area contributed by atoms with Crippen molar-refractivity contribution >= 4 is 27.6 Å². The van der Waals surface area contributed by atoms with E-state index in [1.165, 1.54) is 20.0 Å². The minimum Gasteiger partial charge on any atom is -0.481 e. The summed E-state index contributed by atoms with van der Waals surface area (Å²) >= 11 is 3.05. The minimum absolute atomic E-state index is 0.151. The van der Waals surface area contributed by atoms with Crippen molar-refractivity contribution in [1.29, 1.82) is 0 Å². The number of carboxylic acids is 1. The van der Waals surface area contributed by atoms with E-state index in [4.69, 9.17) is 5.11 Å². The van der Waals surface area contributed by atoms with E-state index in [0.717, 1.165) is 10.6 Å². The number of aliphatic carboxylic acids is 1. The summed E-state index contributed by atoms with van der Waals surface area (Å²) in [5.74, 6) is -1.09. The van der Waals surface area contributed by atoms with Gasteiger partial charge in [0.2, 0.25) is 0 Å². The molecule has 0 spiro atoms. The highest BCUT2D eigenvalue weighted by Crippen LogP contribution is 2.20. The molecule has 0 radical (unpaired) electrons. The molecule has 98 valence electrons. The van der Waals surface area contributed by atoms with Crippen LogP contribution >= 0.6 is 15.9 Å². The van der Waals surface area contributed by atoms with Gasteiger partial charge < -0.3 is 9.67 Å². The van der Waals surface area contributed by atoms with E-state index in [-0.39, 0.29) is 6.54 Å². The van der Waals surface area contributed by atoms with Crippen molar-refractivity contribution in [2.45, 2.75) is 20.4 Å². The van der Waals surface area contributed by atoms with Crippen molar-refractivity contribution in [2.24, 2.45) is 5.41 Å². The van der Waals surface area contributed by atoms with Crippen molar-refractivity contribution in [3.05, 3.63) is 37.2 Å². The third-order valence-corrected chi connectivity index (χ3v) is 2.81. The zero-order chi connectivity index (χ0) is 14.1. The van der Waals surface area contributed by atoms with E-state index in [0.29, 0.717) is 4.47 Å². The second-order valence-corrected chi connectivity index (χ2v) is 5.34. The van der Waals surface area contributed by atoms with Crippen LogP contribution in [0.3, 0.4) is 0 Å². The van der Waals surface area contributed by atoms with Gasteiger partial charge in [0.05, 0.1) is 10.3 Å². The molecule has 0 aliphatic rings. The minimum atomic E-state index is -1.20. The fraction of sp³-hybridized carbons (Fsp3) is 0.400. The first-order chi connectivity index (χ1) is 8.15. The van der Waals surface area contributed by atoms with E-state index >= 15 is 0 Å². The molecule has 1 heterocycles. The van der Waals surface area contributed by atoms with Crippen molar-refractivity contribution in [3.8, 4) is 0 Å². The second-order valence-electron chi connectivity index (χ2n) is 4.42. The molecule has 0 saturated heterocycles. The summed E-state index contributed by atoms with van der Waals surface area (Å²) in [5.41, 5.74) is -2.61. The van der Waals surface area contributed by atoms with Crippen molar-refractivity contribution in [3.63, 3.8) is 0 Å². The molecule has 1 aromatic rings. The topological polar surface area (TPSA) is 102 Å². The first-order valence-electron chi connectivity index (χ1n) is 4.93. The second kappa shape index (κ2) is 4.89. The van der Waals surface area contributed by atoms with Gasteiger partial charge in [-0.2, -0.15) is 0 Å². The Morgan fingerprint density at radius 3 is 2.61 bits per heavy atom. The van der Waals surface area contributed by atoms with Gasteiger partial charge in [0.1, 0.15) is 0 Å². The predicted octanol–water partition coefficient (Wildman–Crippen LogP) is 1.63. The molecule has 0 saturated carbocycles. The van der Waals surface area contributed by atoms with Crippen LogP contribution in [-0.4, -0.2) is 20.6 Å². The summed E-state index contributed by atoms with van der Waals surface area (Å²) in [5, 5.41) is 19.7. The number of hydrogen-bond donors (Lipinski definition) is 1. The number of hydrogen-bond acceptors (Lipinski definition) is 4. The number of aromatic nitrogens is 1. The van der Waals surface area contributed by atoms with E-state index in [1.807, 2.05) is 0 Å². The van der Waals surface area contributed by atoms with Gasteiger partial charge in [-0.3, -0.25) is 19.7 Å². The summed E-state index contributed by atoms with van der Waals surface area (Å²) in [7, 11) is 0. The van der Waals surface area contributed by atoms with Gasteiger partial charge in [0.15, 0.2) is 0 Å². The molecule has 0 unspecified atom stereocenters. The van der Waals surface area contributed by atoms with Crippen LogP contribution in [0.5, 0.6) is 0 Å². The number of nitro groups is 1. The Hall–Kier alpha value is -1.70. The Balaban J connectivity index is 3.31. The zero-order valence-corrected chi connectivity index (χ0v) is 11.3. The fourth-order valence-corrected chi connectivity index (χ4v) is 1.79. The molecule has 1 N–H and O–H groups in total. The first-order valence-corrected chi connectivity index (χ1v) is 5.72. The lowest BCUT2D eigenvalue weighted by atomic mass is 9.94. The number of carboxylic acid groups (broad SMARTS) is 1. The molecule has 0 aliphatic carbocycles. The molecule has 0 fully saturated rings. The summed E-state index contributed by atoms with van der Waals surface area (Å²) in [6.07, 6.45) is 1.33. The largest absolute Gasteiger partial charge is 0.481 e. The quantitative estimate of drug-likeness (QED) is 0.671. The molecule has 0 amide bonds. The molecule has 0 aromatic carbocycles. The smallest absolute Gasteiger partial charge is 0.335 e. The van der Waals surface area contributed by atoms with Gasteiger partial charge >= 0.3 is 17.2 Å². The van der Waals surface area contributed by atoms with Crippen LogP contribution in [0.4, 0.5) is 5.69 Å². The first kappa shape index (κ1) is 14.4. The molecule has 18 heavy (non-hydrogen) atoms. The summed E-state index contributed by atoms with van der Waals surface area (Å²) in [6.45, 7) is 2.73. The fourth-order valence-electron chi connectivity index (χ4n) is 1.33. The number of rotatable bonds is 4. The van der Waals surface area contributed by atoms with Crippen LogP contribution < -0.4 is 5.56 Å². The van der Waals surface area contributed by atoms with Crippen LogP contribution in [0.25, 0.3) is 0 Å². The number of nitrogens with zero attached hydrogens (tertiary/aromatic N) is 2. The maximum absolute atomic E-state index is 11.8. The molecular formula is C10H11BrN2O5. The zero-order valence-electron chi connectivity index (χ0n) is 9.71. The average Bonchev–Trinajstić information content (AvgIpc) is 2.21. The van der Waals surface area contributed by atoms with Crippen molar-refractivity contribution in [2.75, 3.05) is 0 Å². The molecule has 1 rings (SSSR count). The normalized spacial score (nSPS) is 11.3. The van der Waals surface area contributed by atoms with E-state index in [2.05, 4.69) is 15.9 Å². The van der Waals surface area contributed by atoms with Gasteiger partial charge in [-0.05, 0) is 29.8 Å². The molecule has 7 nitrogen and oxygen atoms in total. The highest BCUT2D eigenvalue weighted by atomic mass is 79.9. The predicted molar refractivity (Wildman–Crippen MR) is 66.5 cm³/mol. The van der Waals surface area contributed by atoms with Crippen LogP contribution in [-0.2, 0) is 11.3 Å². The third-order valence-electron chi connectivity index (χ3n) is 2.38. The molecular weight excluding hydrogens is 308 g/mol. The van der Waals surface area contributed by atoms with E-state index in [1.54, 1.807) is 0 Å². The van der Waals surface area contributed by atoms with Gasteiger partial charge in [-0.15, -0.1) is 0 Å². The highest BCUT2D eigenvalue weighted by molar-refractivity contribution is 9.10. The van der Waals surface area contributed by atoms with Crippen LogP contribution in [0.15, 0.2) is 21.5 Å². The van der Waals surface area contributed by atoms with Crippen LogP contribution in [0, 0.1) is 15.5 Å². The number of pyridine rings is 1. The monoisotopic (exact) mass is 318 g/mol. The van der Waals surface area contributed by atoms with Gasteiger partial charge in [-0.25, -0.2) is 0 Å². The standard InChI is InChI=1S/C10H11BrN2O5/c1-10(2,9(15)16)5-12-4-6(11)3-7(8(12)14)13(17)18/h3-4H,5H2,1-2H3,(H,15,16). The average molecular weight is 319 g/mol. The highest BCUT2D eigenvalue weighted by Gasteiger charge is 2.29. The van der Waals surface area contributed by atoms with E-state index in [9.17, 15) is 19.7 Å². The lowest BCUT2D eigenvalue weighted by Gasteiger charge is -2.20. The lowest BCUT2D eigenvalue weighted by molar-refractivity contribution is -0.386. The van der Waals surface area contributed by atoms with Gasteiger partial charge in [0, 0.05) is 23.3 Å². The Morgan fingerprint density at radius 1 is 1.61 bits per heavy atom. The SMILES string of the molecule is CC(C)(Cn1cc(Br)cc([N+](=O)[O-])c1=O)C(=O)O. The van der Waals surface area contributed by atoms with Gasteiger partial charge in [-0.1, -0.05) is 0 Å².